The first-order chi connectivity index (χ1) is 12.2. The molecular weight excluding hydrogens is 332 g/mol. The summed E-state index contributed by atoms with van der Waals surface area (Å²) in [6.45, 7) is 2.85. The predicted octanol–water partition coefficient (Wildman–Crippen LogP) is 4.13. The van der Waals surface area contributed by atoms with E-state index in [2.05, 4.69) is 12.2 Å². The fraction of sp³-hybridized carbons (Fsp3) is 0.200. The molecule has 2 aromatic carbocycles. The predicted molar refractivity (Wildman–Crippen MR) is 104 cm³/mol. The third kappa shape index (κ3) is 4.06. The van der Waals surface area contributed by atoms with Crippen molar-refractivity contribution >= 4 is 35.0 Å². The van der Waals surface area contributed by atoms with Crippen LogP contribution in [0.4, 0.5) is 5.69 Å². The molecule has 3 rings (SSSR count). The molecule has 1 aliphatic rings. The number of carbonyl (C=O) groups is 1. The first-order valence-corrected chi connectivity index (χ1v) is 8.75. The van der Waals surface area contributed by atoms with Gasteiger partial charge in [-0.25, -0.2) is 0 Å². The van der Waals surface area contributed by atoms with Gasteiger partial charge in [0.2, 0.25) is 0 Å². The van der Waals surface area contributed by atoms with E-state index in [9.17, 15) is 4.79 Å². The Morgan fingerprint density at radius 2 is 1.84 bits per heavy atom. The average molecular weight is 352 g/mol. The van der Waals surface area contributed by atoms with E-state index in [1.54, 1.807) is 6.08 Å². The van der Waals surface area contributed by atoms with Gasteiger partial charge in [-0.15, -0.1) is 0 Å². The van der Waals surface area contributed by atoms with E-state index in [-0.39, 0.29) is 5.91 Å². The summed E-state index contributed by atoms with van der Waals surface area (Å²) in [5.41, 5.74) is 2.14. The smallest absolute Gasteiger partial charge is 0.281 e. The number of nitrogens with zero attached hydrogens (tertiary/aromatic N) is 1. The second-order valence-corrected chi connectivity index (χ2v) is 6.12. The summed E-state index contributed by atoms with van der Waals surface area (Å²) in [6.07, 6.45) is 3.94. The molecule has 0 unspecified atom stereocenters. The molecule has 1 saturated heterocycles. The van der Waals surface area contributed by atoms with E-state index in [1.807, 2.05) is 54.6 Å². The Labute approximate surface area is 153 Å². The van der Waals surface area contributed by atoms with E-state index in [1.165, 1.54) is 4.90 Å². The molecule has 2 aromatic rings. The molecule has 0 spiro atoms. The summed E-state index contributed by atoms with van der Waals surface area (Å²) in [4.78, 5) is 14.1. The van der Waals surface area contributed by atoms with Gasteiger partial charge >= 0.3 is 0 Å². The zero-order valence-corrected chi connectivity index (χ0v) is 14.9. The number of thiocarbonyl (C=S) groups is 1. The van der Waals surface area contributed by atoms with Gasteiger partial charge < -0.3 is 10.1 Å². The fourth-order valence-electron chi connectivity index (χ4n) is 2.51. The number of para-hydroxylation sites is 1. The summed E-state index contributed by atoms with van der Waals surface area (Å²) in [5, 5.41) is 3.39. The quantitative estimate of drug-likeness (QED) is 0.482. The van der Waals surface area contributed by atoms with Gasteiger partial charge in [0.05, 0.1) is 12.3 Å². The Hall–Kier alpha value is -2.66. The lowest BCUT2D eigenvalue weighted by atomic mass is 10.2. The minimum absolute atomic E-state index is 0.153. The van der Waals surface area contributed by atoms with Gasteiger partial charge in [-0.05, 0) is 54.5 Å². The molecule has 0 aromatic heterocycles. The van der Waals surface area contributed by atoms with Crippen LogP contribution >= 0.6 is 12.2 Å². The number of benzene rings is 2. The minimum atomic E-state index is -0.153. The van der Waals surface area contributed by atoms with Crippen LogP contribution in [-0.2, 0) is 4.79 Å². The van der Waals surface area contributed by atoms with Crippen LogP contribution in [0.15, 0.2) is 60.3 Å². The average Bonchev–Trinajstić information content (AvgIpc) is 2.91. The van der Waals surface area contributed by atoms with E-state index in [0.29, 0.717) is 10.8 Å². The molecule has 0 bridgehead atoms. The Morgan fingerprint density at radius 1 is 1.12 bits per heavy atom. The molecule has 0 saturated carbocycles. The van der Waals surface area contributed by atoms with Gasteiger partial charge in [0.25, 0.3) is 5.91 Å². The van der Waals surface area contributed by atoms with Gasteiger partial charge in [-0.3, -0.25) is 9.69 Å². The van der Waals surface area contributed by atoms with Crippen molar-refractivity contribution in [1.82, 2.24) is 5.32 Å². The van der Waals surface area contributed by atoms with E-state index in [0.717, 1.165) is 36.4 Å². The highest BCUT2D eigenvalue weighted by Gasteiger charge is 2.31. The molecular formula is C20H20N2O2S. The zero-order valence-electron chi connectivity index (χ0n) is 14.1. The van der Waals surface area contributed by atoms with E-state index < -0.39 is 0 Å². The molecule has 1 N–H and O–H groups in total. The van der Waals surface area contributed by atoms with Gasteiger partial charge in [0.15, 0.2) is 5.11 Å². The maximum Gasteiger partial charge on any atom is 0.281 e. The van der Waals surface area contributed by atoms with Crippen molar-refractivity contribution in [2.45, 2.75) is 19.8 Å². The largest absolute Gasteiger partial charge is 0.494 e. The highest BCUT2D eigenvalue weighted by atomic mass is 32.1. The normalized spacial score (nSPS) is 15.6. The van der Waals surface area contributed by atoms with Crippen LogP contribution < -0.4 is 15.0 Å². The number of ether oxygens (including phenoxy) is 1. The number of carbonyl (C=O) groups excluding carboxylic acids is 1. The molecule has 25 heavy (non-hydrogen) atoms. The number of rotatable bonds is 6. The first kappa shape index (κ1) is 17.2. The highest BCUT2D eigenvalue weighted by molar-refractivity contribution is 7.80. The van der Waals surface area contributed by atoms with Crippen molar-refractivity contribution in [1.29, 1.82) is 0 Å². The molecule has 0 atom stereocenters. The Morgan fingerprint density at radius 3 is 2.52 bits per heavy atom. The number of amides is 1. The Balaban J connectivity index is 1.73. The molecule has 1 heterocycles. The SMILES string of the molecule is CCCCOc1ccc(/C=C2\NC(=S)N(c3ccccc3)C2=O)cc1. The topological polar surface area (TPSA) is 41.6 Å². The second-order valence-electron chi connectivity index (χ2n) is 5.74. The monoisotopic (exact) mass is 352 g/mol. The maximum absolute atomic E-state index is 12.6. The molecule has 5 heteroatoms. The highest BCUT2D eigenvalue weighted by Crippen LogP contribution is 2.22. The maximum atomic E-state index is 12.6. The lowest BCUT2D eigenvalue weighted by Gasteiger charge is -2.13. The molecule has 1 fully saturated rings. The van der Waals surface area contributed by atoms with Crippen LogP contribution in [0.2, 0.25) is 0 Å². The van der Waals surface area contributed by atoms with Crippen LogP contribution in [0.25, 0.3) is 6.08 Å². The fourth-order valence-corrected chi connectivity index (χ4v) is 2.81. The molecule has 0 aliphatic carbocycles. The number of unbranched alkanes of at least 4 members (excludes halogenated alkanes) is 1. The Bertz CT molecular complexity index is 785. The van der Waals surface area contributed by atoms with E-state index in [4.69, 9.17) is 17.0 Å². The van der Waals surface area contributed by atoms with Crippen LogP contribution in [0.3, 0.4) is 0 Å². The molecule has 1 amide bonds. The summed E-state index contributed by atoms with van der Waals surface area (Å²) in [7, 11) is 0. The molecule has 4 nitrogen and oxygen atoms in total. The van der Waals surface area contributed by atoms with Crippen molar-refractivity contribution in [3.63, 3.8) is 0 Å². The Kier molecular flexibility index (Phi) is 5.46. The number of hydrogen-bond donors (Lipinski definition) is 1. The van der Waals surface area contributed by atoms with Crippen molar-refractivity contribution < 1.29 is 9.53 Å². The molecule has 128 valence electrons. The van der Waals surface area contributed by atoms with Gasteiger partial charge in [-0.1, -0.05) is 43.7 Å². The van der Waals surface area contributed by atoms with Gasteiger partial charge in [0.1, 0.15) is 11.4 Å². The summed E-state index contributed by atoms with van der Waals surface area (Å²) >= 11 is 5.31. The zero-order chi connectivity index (χ0) is 17.6. The van der Waals surface area contributed by atoms with E-state index >= 15 is 0 Å². The van der Waals surface area contributed by atoms with Crippen LogP contribution in [-0.4, -0.2) is 17.6 Å². The number of nitrogens with one attached hydrogen (secondary N) is 1. The van der Waals surface area contributed by atoms with Crippen LogP contribution in [0.5, 0.6) is 5.75 Å². The lowest BCUT2D eigenvalue weighted by Crippen LogP contribution is -2.30. The third-order valence-corrected chi connectivity index (χ3v) is 4.13. The standard InChI is InChI=1S/C20H20N2O2S/c1-2-3-13-24-17-11-9-15(10-12-17)14-18-19(23)22(20(25)21-18)16-7-5-4-6-8-16/h4-12,14H,2-3,13H2,1H3,(H,21,25)/b18-14-. The third-order valence-electron chi connectivity index (χ3n) is 3.85. The van der Waals surface area contributed by atoms with Crippen molar-refractivity contribution in [3.05, 3.63) is 65.9 Å². The van der Waals surface area contributed by atoms with Crippen molar-refractivity contribution in [2.75, 3.05) is 11.5 Å². The van der Waals surface area contributed by atoms with Gasteiger partial charge in [-0.2, -0.15) is 0 Å². The van der Waals surface area contributed by atoms with Gasteiger partial charge in [0, 0.05) is 0 Å². The summed E-state index contributed by atoms with van der Waals surface area (Å²) in [6, 6.07) is 17.1. The van der Waals surface area contributed by atoms with Crippen LogP contribution in [0.1, 0.15) is 25.3 Å². The lowest BCUT2D eigenvalue weighted by molar-refractivity contribution is -0.113. The van der Waals surface area contributed by atoms with Crippen molar-refractivity contribution in [3.8, 4) is 5.75 Å². The first-order valence-electron chi connectivity index (χ1n) is 8.34. The number of anilines is 1. The summed E-state index contributed by atoms with van der Waals surface area (Å²) < 4.78 is 5.65. The van der Waals surface area contributed by atoms with Crippen molar-refractivity contribution in [2.24, 2.45) is 0 Å². The minimum Gasteiger partial charge on any atom is -0.494 e. The van der Waals surface area contributed by atoms with Crippen LogP contribution in [0, 0.1) is 0 Å². The second kappa shape index (κ2) is 7.94. The molecule has 1 aliphatic heterocycles. The summed E-state index contributed by atoms with van der Waals surface area (Å²) in [5.74, 6) is 0.683. The number of hydrogen-bond acceptors (Lipinski definition) is 3. The molecule has 0 radical (unpaired) electrons.